The van der Waals surface area contributed by atoms with Crippen LogP contribution in [0.1, 0.15) is 37.7 Å². The number of carbonyl (C=O) groups excluding carboxylic acids is 1. The summed E-state index contributed by atoms with van der Waals surface area (Å²) in [6.07, 6.45) is 2.97. The van der Waals surface area contributed by atoms with E-state index in [2.05, 4.69) is 28.2 Å². The van der Waals surface area contributed by atoms with Gasteiger partial charge >= 0.3 is 0 Å². The van der Waals surface area contributed by atoms with E-state index >= 15 is 0 Å². The first-order chi connectivity index (χ1) is 8.11. The summed E-state index contributed by atoms with van der Waals surface area (Å²) in [6.45, 7) is 2.15. The Hall–Kier alpha value is -1.03. The smallest absolute Gasteiger partial charge is 0.225 e. The van der Waals surface area contributed by atoms with Crippen LogP contribution in [0, 0.1) is 0 Å². The molecule has 0 radical (unpaired) electrons. The second-order valence-corrected chi connectivity index (χ2v) is 5.47. The van der Waals surface area contributed by atoms with Gasteiger partial charge in [-0.1, -0.05) is 29.3 Å². The first kappa shape index (κ1) is 12.4. The average Bonchev–Trinajstić information content (AvgIpc) is 2.28. The molecule has 0 fully saturated rings. The number of rotatable bonds is 3. The molecule has 1 aliphatic rings. The van der Waals surface area contributed by atoms with E-state index in [1.807, 2.05) is 18.2 Å². The number of fused-ring (bicyclic) bond motifs is 1. The predicted molar refractivity (Wildman–Crippen MR) is 73.0 cm³/mol. The van der Waals surface area contributed by atoms with Crippen molar-refractivity contribution in [2.24, 2.45) is 5.73 Å². The van der Waals surface area contributed by atoms with Crippen molar-refractivity contribution in [3.8, 4) is 0 Å². The topological polar surface area (TPSA) is 55.1 Å². The minimum absolute atomic E-state index is 0.166. The standard InChI is InChI=1S/C13H17BrN2O/c1-2-3-9-7-11(13(15)17)10-6-8(14)4-5-12(10)16-9/h4-6,9,11,16H,2-3,7H2,1H3,(H2,15,17)/t9-,11+/m1/s1. The Bertz CT molecular complexity index is 433. The monoisotopic (exact) mass is 296 g/mol. The molecule has 17 heavy (non-hydrogen) atoms. The summed E-state index contributed by atoms with van der Waals surface area (Å²) in [6, 6.07) is 6.33. The molecule has 4 heteroatoms. The number of primary amides is 1. The fraction of sp³-hybridized carbons (Fsp3) is 0.462. The second kappa shape index (κ2) is 5.08. The van der Waals surface area contributed by atoms with Gasteiger partial charge in [0.2, 0.25) is 5.91 Å². The van der Waals surface area contributed by atoms with Gasteiger partial charge < -0.3 is 11.1 Å². The van der Waals surface area contributed by atoms with Crippen LogP contribution < -0.4 is 11.1 Å². The van der Waals surface area contributed by atoms with E-state index in [1.54, 1.807) is 0 Å². The zero-order valence-corrected chi connectivity index (χ0v) is 11.5. The number of amides is 1. The maximum Gasteiger partial charge on any atom is 0.225 e. The third-order valence-electron chi connectivity index (χ3n) is 3.25. The summed E-state index contributed by atoms with van der Waals surface area (Å²) in [5, 5.41) is 3.48. The number of nitrogens with two attached hydrogens (primary N) is 1. The van der Waals surface area contributed by atoms with Crippen LogP contribution >= 0.6 is 15.9 Å². The quantitative estimate of drug-likeness (QED) is 0.901. The Labute approximate surface area is 110 Å². The molecule has 0 bridgehead atoms. The van der Waals surface area contributed by atoms with Crippen LogP contribution in [0.3, 0.4) is 0 Å². The van der Waals surface area contributed by atoms with E-state index in [-0.39, 0.29) is 11.8 Å². The molecule has 2 atom stereocenters. The summed E-state index contributed by atoms with van der Waals surface area (Å²) < 4.78 is 0.984. The highest BCUT2D eigenvalue weighted by atomic mass is 79.9. The first-order valence-corrected chi connectivity index (χ1v) is 6.76. The van der Waals surface area contributed by atoms with Crippen LogP contribution in [-0.2, 0) is 4.79 Å². The highest BCUT2D eigenvalue weighted by molar-refractivity contribution is 9.10. The Morgan fingerprint density at radius 2 is 2.35 bits per heavy atom. The van der Waals surface area contributed by atoms with E-state index in [0.29, 0.717) is 6.04 Å². The molecule has 1 aromatic carbocycles. The van der Waals surface area contributed by atoms with Gasteiger partial charge in [0.15, 0.2) is 0 Å². The lowest BCUT2D eigenvalue weighted by Gasteiger charge is -2.31. The van der Waals surface area contributed by atoms with Crippen LogP contribution in [0.2, 0.25) is 0 Å². The van der Waals surface area contributed by atoms with Crippen molar-refractivity contribution in [3.05, 3.63) is 28.2 Å². The molecule has 0 saturated carbocycles. The fourth-order valence-electron chi connectivity index (χ4n) is 2.45. The van der Waals surface area contributed by atoms with Gasteiger partial charge in [0.05, 0.1) is 5.92 Å². The summed E-state index contributed by atoms with van der Waals surface area (Å²) in [5.74, 6) is -0.396. The van der Waals surface area contributed by atoms with E-state index in [0.717, 1.165) is 35.0 Å². The van der Waals surface area contributed by atoms with Gasteiger partial charge in [-0.25, -0.2) is 0 Å². The summed E-state index contributed by atoms with van der Waals surface area (Å²) in [4.78, 5) is 11.6. The van der Waals surface area contributed by atoms with Gasteiger partial charge in [0, 0.05) is 16.2 Å². The van der Waals surface area contributed by atoms with Gasteiger partial charge in [0.1, 0.15) is 0 Å². The SMILES string of the molecule is CCC[C@@H]1C[C@H](C(N)=O)c2cc(Br)ccc2N1. The fourth-order valence-corrected chi connectivity index (χ4v) is 2.83. The Balaban J connectivity index is 2.35. The molecule has 0 aromatic heterocycles. The van der Waals surface area contributed by atoms with E-state index < -0.39 is 0 Å². The molecule has 1 aromatic rings. The Kier molecular flexibility index (Phi) is 3.72. The van der Waals surface area contributed by atoms with Gasteiger partial charge in [-0.3, -0.25) is 4.79 Å². The number of hydrogen-bond donors (Lipinski definition) is 2. The number of nitrogens with one attached hydrogen (secondary N) is 1. The molecule has 1 heterocycles. The van der Waals surface area contributed by atoms with Crippen LogP contribution in [-0.4, -0.2) is 11.9 Å². The molecule has 2 rings (SSSR count). The van der Waals surface area contributed by atoms with Gasteiger partial charge in [-0.2, -0.15) is 0 Å². The molecule has 3 N–H and O–H groups in total. The molecule has 0 saturated heterocycles. The number of anilines is 1. The number of benzene rings is 1. The molecule has 3 nitrogen and oxygen atoms in total. The van der Waals surface area contributed by atoms with Crippen molar-refractivity contribution >= 4 is 27.5 Å². The minimum Gasteiger partial charge on any atom is -0.382 e. The van der Waals surface area contributed by atoms with Gasteiger partial charge in [-0.05, 0) is 36.6 Å². The van der Waals surface area contributed by atoms with Crippen LogP contribution in [0.15, 0.2) is 22.7 Å². The highest BCUT2D eigenvalue weighted by Crippen LogP contribution is 2.36. The molecule has 0 spiro atoms. The summed E-state index contributed by atoms with van der Waals surface area (Å²) >= 11 is 3.43. The zero-order chi connectivity index (χ0) is 12.4. The minimum atomic E-state index is -0.230. The molecule has 1 aliphatic heterocycles. The van der Waals surface area contributed by atoms with Gasteiger partial charge in [0.25, 0.3) is 0 Å². The lowest BCUT2D eigenvalue weighted by Crippen LogP contribution is -2.34. The highest BCUT2D eigenvalue weighted by Gasteiger charge is 2.29. The third kappa shape index (κ3) is 2.63. The molecule has 92 valence electrons. The van der Waals surface area contributed by atoms with E-state index in [9.17, 15) is 4.79 Å². The lowest BCUT2D eigenvalue weighted by atomic mass is 9.85. The average molecular weight is 297 g/mol. The summed E-state index contributed by atoms with van der Waals surface area (Å²) in [5.41, 5.74) is 7.56. The number of halogens is 1. The number of carbonyl (C=O) groups is 1. The van der Waals surface area contributed by atoms with Crippen molar-refractivity contribution < 1.29 is 4.79 Å². The van der Waals surface area contributed by atoms with E-state index in [1.165, 1.54) is 0 Å². The normalized spacial score (nSPS) is 22.7. The molecule has 1 amide bonds. The maximum atomic E-state index is 11.6. The third-order valence-corrected chi connectivity index (χ3v) is 3.74. The van der Waals surface area contributed by atoms with Crippen molar-refractivity contribution in [1.29, 1.82) is 0 Å². The first-order valence-electron chi connectivity index (χ1n) is 5.97. The molecular formula is C13H17BrN2O. The molecule has 0 unspecified atom stereocenters. The zero-order valence-electron chi connectivity index (χ0n) is 9.87. The van der Waals surface area contributed by atoms with Crippen LogP contribution in [0.25, 0.3) is 0 Å². The predicted octanol–water partition coefficient (Wildman–Crippen LogP) is 3.00. The largest absolute Gasteiger partial charge is 0.382 e. The number of hydrogen-bond acceptors (Lipinski definition) is 2. The molecular weight excluding hydrogens is 280 g/mol. The Morgan fingerprint density at radius 3 is 3.00 bits per heavy atom. The van der Waals surface area contributed by atoms with Crippen LogP contribution in [0.4, 0.5) is 5.69 Å². The van der Waals surface area contributed by atoms with E-state index in [4.69, 9.17) is 5.73 Å². The lowest BCUT2D eigenvalue weighted by molar-refractivity contribution is -0.119. The van der Waals surface area contributed by atoms with Crippen LogP contribution in [0.5, 0.6) is 0 Å². The second-order valence-electron chi connectivity index (χ2n) is 4.55. The Morgan fingerprint density at radius 1 is 1.59 bits per heavy atom. The van der Waals surface area contributed by atoms with Gasteiger partial charge in [-0.15, -0.1) is 0 Å². The molecule has 0 aliphatic carbocycles. The van der Waals surface area contributed by atoms with Crippen molar-refractivity contribution in [3.63, 3.8) is 0 Å². The van der Waals surface area contributed by atoms with Crippen molar-refractivity contribution in [2.45, 2.75) is 38.1 Å². The maximum absolute atomic E-state index is 11.6. The summed E-state index contributed by atoms with van der Waals surface area (Å²) in [7, 11) is 0. The van der Waals surface area contributed by atoms with Crippen molar-refractivity contribution in [2.75, 3.05) is 5.32 Å². The van der Waals surface area contributed by atoms with Crippen molar-refractivity contribution in [1.82, 2.24) is 0 Å².